The van der Waals surface area contributed by atoms with E-state index in [0.29, 0.717) is 6.29 Å². The molecule has 1 heterocycles. The van der Waals surface area contributed by atoms with Gasteiger partial charge in [0.2, 0.25) is 0 Å². The third kappa shape index (κ3) is 4.76. The zero-order chi connectivity index (χ0) is 23.4. The molecule has 2 unspecified atom stereocenters. The summed E-state index contributed by atoms with van der Waals surface area (Å²) in [5.41, 5.74) is 4.17. The number of nitrogens with zero attached hydrogens (tertiary/aromatic N) is 1. The first-order chi connectivity index (χ1) is 16.0. The van der Waals surface area contributed by atoms with Crippen LogP contribution in [0.3, 0.4) is 0 Å². The fourth-order valence-electron chi connectivity index (χ4n) is 4.05. The Kier molecular flexibility index (Phi) is 6.76. The molecule has 7 nitrogen and oxygen atoms in total. The number of ether oxygens (including phenoxy) is 1. The fourth-order valence-corrected chi connectivity index (χ4v) is 4.05. The van der Waals surface area contributed by atoms with Crippen molar-refractivity contribution in [2.45, 2.75) is 24.5 Å². The number of aldehydes is 1. The summed E-state index contributed by atoms with van der Waals surface area (Å²) in [6.07, 6.45) is -2.24. The van der Waals surface area contributed by atoms with Gasteiger partial charge in [-0.25, -0.2) is 9.18 Å². The van der Waals surface area contributed by atoms with Crippen LogP contribution in [0.15, 0.2) is 60.8 Å². The van der Waals surface area contributed by atoms with Crippen LogP contribution in [0, 0.1) is 5.82 Å². The number of fused-ring (bicyclic) bond motifs is 3. The summed E-state index contributed by atoms with van der Waals surface area (Å²) >= 11 is 0. The monoisotopic (exact) mass is 450 g/mol. The molecule has 170 valence electrons. The number of carbonyl (C=O) groups excluding carboxylic acids is 2. The van der Waals surface area contributed by atoms with E-state index < -0.39 is 24.1 Å². The van der Waals surface area contributed by atoms with Crippen LogP contribution in [-0.4, -0.2) is 46.8 Å². The van der Waals surface area contributed by atoms with Crippen molar-refractivity contribution in [3.8, 4) is 11.1 Å². The number of hydrogen-bond donors (Lipinski definition) is 3. The summed E-state index contributed by atoms with van der Waals surface area (Å²) < 4.78 is 18.8. The molecule has 0 spiro atoms. The number of aliphatic hydroxyl groups excluding tert-OH is 2. The van der Waals surface area contributed by atoms with Gasteiger partial charge < -0.3 is 20.3 Å². The van der Waals surface area contributed by atoms with Gasteiger partial charge in [0.25, 0.3) is 0 Å². The third-order valence-electron chi connectivity index (χ3n) is 5.75. The topological polar surface area (TPSA) is 109 Å². The third-order valence-corrected chi connectivity index (χ3v) is 5.75. The average Bonchev–Trinajstić information content (AvgIpc) is 3.16. The van der Waals surface area contributed by atoms with Gasteiger partial charge in [-0.15, -0.1) is 0 Å². The molecule has 0 radical (unpaired) electrons. The van der Waals surface area contributed by atoms with Gasteiger partial charge in [0.1, 0.15) is 12.7 Å². The highest BCUT2D eigenvalue weighted by Crippen LogP contribution is 2.44. The smallest absolute Gasteiger partial charge is 0.407 e. The summed E-state index contributed by atoms with van der Waals surface area (Å²) in [4.78, 5) is 26.7. The Morgan fingerprint density at radius 3 is 2.39 bits per heavy atom. The maximum Gasteiger partial charge on any atom is 0.407 e. The lowest BCUT2D eigenvalue weighted by Crippen LogP contribution is -2.31. The van der Waals surface area contributed by atoms with Crippen LogP contribution < -0.4 is 5.32 Å². The highest BCUT2D eigenvalue weighted by molar-refractivity contribution is 5.79. The van der Waals surface area contributed by atoms with Gasteiger partial charge in [0, 0.05) is 12.5 Å². The fraction of sp³-hybridized carbons (Fsp3) is 0.240. The first-order valence-corrected chi connectivity index (χ1v) is 10.5. The second-order valence-electron chi connectivity index (χ2n) is 7.80. The molecular weight excluding hydrogens is 427 g/mol. The summed E-state index contributed by atoms with van der Waals surface area (Å²) in [6.45, 7) is 0.204. The van der Waals surface area contributed by atoms with E-state index in [1.54, 1.807) is 0 Å². The van der Waals surface area contributed by atoms with Crippen LogP contribution in [0.5, 0.6) is 0 Å². The molecule has 0 aliphatic heterocycles. The number of carbonyl (C=O) groups is 2. The van der Waals surface area contributed by atoms with Crippen LogP contribution in [-0.2, 0) is 4.74 Å². The molecule has 0 fully saturated rings. The minimum absolute atomic E-state index is 0.000834. The summed E-state index contributed by atoms with van der Waals surface area (Å²) in [7, 11) is 0. The van der Waals surface area contributed by atoms with Gasteiger partial charge in [-0.2, -0.15) is 0 Å². The van der Waals surface area contributed by atoms with Gasteiger partial charge in [-0.05, 0) is 34.7 Å². The van der Waals surface area contributed by atoms with Crippen molar-refractivity contribution in [3.05, 3.63) is 89.0 Å². The summed E-state index contributed by atoms with van der Waals surface area (Å²) in [5.74, 6) is -0.875. The highest BCUT2D eigenvalue weighted by atomic mass is 19.1. The second-order valence-corrected chi connectivity index (χ2v) is 7.80. The molecule has 1 aliphatic rings. The molecule has 2 aromatic carbocycles. The van der Waals surface area contributed by atoms with Gasteiger partial charge in [0.15, 0.2) is 12.1 Å². The van der Waals surface area contributed by atoms with Crippen LogP contribution in [0.1, 0.15) is 45.6 Å². The Labute approximate surface area is 189 Å². The Bertz CT molecular complexity index is 1120. The van der Waals surface area contributed by atoms with E-state index in [1.165, 1.54) is 0 Å². The predicted octanol–water partition coefficient (Wildman–Crippen LogP) is 3.36. The van der Waals surface area contributed by atoms with E-state index in [2.05, 4.69) is 22.4 Å². The molecule has 3 N–H and O–H groups in total. The average molecular weight is 450 g/mol. The van der Waals surface area contributed by atoms with Crippen molar-refractivity contribution in [2.75, 3.05) is 13.2 Å². The minimum Gasteiger partial charge on any atom is -0.449 e. The van der Waals surface area contributed by atoms with Gasteiger partial charge >= 0.3 is 6.09 Å². The zero-order valence-electron chi connectivity index (χ0n) is 17.6. The van der Waals surface area contributed by atoms with E-state index in [9.17, 15) is 24.2 Å². The van der Waals surface area contributed by atoms with Gasteiger partial charge in [-0.1, -0.05) is 48.5 Å². The number of rotatable bonds is 8. The molecule has 1 amide bonds. The summed E-state index contributed by atoms with van der Waals surface area (Å²) in [5, 5.41) is 22.9. The van der Waals surface area contributed by atoms with Crippen molar-refractivity contribution >= 4 is 12.4 Å². The molecule has 1 aliphatic carbocycles. The van der Waals surface area contributed by atoms with Crippen LogP contribution in [0.25, 0.3) is 11.1 Å². The number of aliphatic hydroxyl groups is 2. The largest absolute Gasteiger partial charge is 0.449 e. The maximum atomic E-state index is 13.4. The molecule has 0 saturated heterocycles. The molecule has 3 aromatic rings. The summed E-state index contributed by atoms with van der Waals surface area (Å²) in [6, 6.07) is 17.1. The number of amides is 1. The maximum absolute atomic E-state index is 13.4. The predicted molar refractivity (Wildman–Crippen MR) is 118 cm³/mol. The lowest BCUT2D eigenvalue weighted by molar-refractivity contribution is 0.0111. The Hall–Kier alpha value is -3.62. The van der Waals surface area contributed by atoms with Crippen molar-refractivity contribution in [2.24, 2.45) is 0 Å². The van der Waals surface area contributed by atoms with E-state index in [-0.39, 0.29) is 36.7 Å². The number of benzene rings is 2. The molecule has 4 rings (SSSR count). The molecule has 33 heavy (non-hydrogen) atoms. The van der Waals surface area contributed by atoms with Crippen LogP contribution >= 0.6 is 0 Å². The molecule has 1 aromatic heterocycles. The normalized spacial score (nSPS) is 14.2. The molecule has 8 heteroatoms. The lowest BCUT2D eigenvalue weighted by Gasteiger charge is -2.18. The first kappa shape index (κ1) is 22.6. The first-order valence-electron chi connectivity index (χ1n) is 10.5. The molecule has 2 atom stereocenters. The van der Waals surface area contributed by atoms with Crippen molar-refractivity contribution in [1.29, 1.82) is 0 Å². The Balaban J connectivity index is 1.28. The van der Waals surface area contributed by atoms with Gasteiger partial charge in [0.05, 0.1) is 23.6 Å². The van der Waals surface area contributed by atoms with E-state index >= 15 is 0 Å². The van der Waals surface area contributed by atoms with E-state index in [1.807, 2.05) is 36.4 Å². The lowest BCUT2D eigenvalue weighted by atomic mass is 9.98. The number of pyridine rings is 1. The van der Waals surface area contributed by atoms with Crippen molar-refractivity contribution in [3.63, 3.8) is 0 Å². The number of nitrogens with one attached hydrogen (secondary N) is 1. The molecular formula is C25H23FN2O5. The molecule has 0 bridgehead atoms. The number of hydrogen-bond acceptors (Lipinski definition) is 6. The van der Waals surface area contributed by atoms with Crippen LogP contribution in [0.4, 0.5) is 9.18 Å². The van der Waals surface area contributed by atoms with E-state index in [0.717, 1.165) is 34.5 Å². The molecule has 0 saturated carbocycles. The zero-order valence-corrected chi connectivity index (χ0v) is 17.6. The second kappa shape index (κ2) is 9.89. The number of alkyl carbamates (subject to hydrolysis) is 1. The van der Waals surface area contributed by atoms with E-state index in [4.69, 9.17) is 4.74 Å². The SMILES string of the molecule is O=Cc1cc(C(O)C(O)CCNC(=O)OCC2c3ccccc3-c3ccccc32)ncc1F. The number of aromatic nitrogens is 1. The Morgan fingerprint density at radius 2 is 1.76 bits per heavy atom. The van der Waals surface area contributed by atoms with Crippen molar-refractivity contribution in [1.82, 2.24) is 10.3 Å². The van der Waals surface area contributed by atoms with Gasteiger partial charge in [-0.3, -0.25) is 9.78 Å². The standard InChI is InChI=1S/C25H23FN2O5/c26-21-12-28-22(11-15(21)13-29)24(31)23(30)9-10-27-25(32)33-14-20-18-7-3-1-5-16(18)17-6-2-4-8-19(17)20/h1-8,11-13,20,23-24,30-31H,9-10,14H2,(H,27,32). The quantitative estimate of drug-likeness (QED) is 0.454. The van der Waals surface area contributed by atoms with Crippen LogP contribution in [0.2, 0.25) is 0 Å². The minimum atomic E-state index is -1.44. The van der Waals surface area contributed by atoms with Crippen molar-refractivity contribution < 1.29 is 28.9 Å². The Morgan fingerprint density at radius 1 is 1.12 bits per heavy atom. The number of halogens is 1. The highest BCUT2D eigenvalue weighted by Gasteiger charge is 2.29.